The topological polar surface area (TPSA) is 94.3 Å². The monoisotopic (exact) mass is 415 g/mol. The molecule has 1 aliphatic rings. The van der Waals surface area contributed by atoms with Gasteiger partial charge in [0.2, 0.25) is 11.8 Å². The summed E-state index contributed by atoms with van der Waals surface area (Å²) in [5.41, 5.74) is 1.52. The molecule has 0 radical (unpaired) electrons. The molecule has 29 heavy (non-hydrogen) atoms. The summed E-state index contributed by atoms with van der Waals surface area (Å²) in [6, 6.07) is 7.18. The van der Waals surface area contributed by atoms with Crippen molar-refractivity contribution >= 4 is 35.4 Å². The molecular weight excluding hydrogens is 390 g/mol. The van der Waals surface area contributed by atoms with Crippen LogP contribution in [-0.2, 0) is 14.3 Å². The van der Waals surface area contributed by atoms with Crippen molar-refractivity contribution in [3.63, 3.8) is 0 Å². The number of carbonyl (C=O) groups is 2. The Morgan fingerprint density at radius 1 is 1.21 bits per heavy atom. The molecule has 1 aromatic heterocycles. The van der Waals surface area contributed by atoms with Crippen LogP contribution in [0.2, 0.25) is 0 Å². The van der Waals surface area contributed by atoms with Gasteiger partial charge in [-0.05, 0) is 43.5 Å². The lowest BCUT2D eigenvalue weighted by atomic mass is 9.89. The van der Waals surface area contributed by atoms with Crippen LogP contribution in [0, 0.1) is 0 Å². The number of benzene rings is 1. The van der Waals surface area contributed by atoms with E-state index in [0.29, 0.717) is 29.3 Å². The molecule has 0 atom stereocenters. The van der Waals surface area contributed by atoms with E-state index in [1.54, 1.807) is 25.1 Å². The first kappa shape index (κ1) is 21.1. The molecule has 1 fully saturated rings. The third-order valence-electron chi connectivity index (χ3n) is 4.60. The number of hydrogen-bond donors (Lipinski definition) is 1. The van der Waals surface area contributed by atoms with Gasteiger partial charge in [0.05, 0.1) is 12.4 Å². The highest BCUT2D eigenvalue weighted by atomic mass is 32.2. The van der Waals surface area contributed by atoms with Crippen molar-refractivity contribution in [2.45, 2.75) is 50.2 Å². The number of thioether (sulfide) groups is 1. The van der Waals surface area contributed by atoms with Gasteiger partial charge in [0.25, 0.3) is 5.22 Å². The number of nitrogens with zero attached hydrogens (tertiary/aromatic N) is 2. The van der Waals surface area contributed by atoms with Gasteiger partial charge in [-0.25, -0.2) is 4.79 Å². The standard InChI is InChI=1S/C21H25N3O4S/c1-2-27-19(26)13-10-15-8-11-17(12-9-15)22-18(25)14-29-21-24-23-20(28-21)16-6-4-3-5-7-16/h8-13,16H,2-7,14H2,1H3,(H,22,25). The van der Waals surface area contributed by atoms with Crippen LogP contribution in [0.5, 0.6) is 0 Å². The van der Waals surface area contributed by atoms with Crippen LogP contribution >= 0.6 is 11.8 Å². The van der Waals surface area contributed by atoms with Crippen LogP contribution in [0.1, 0.15) is 56.4 Å². The van der Waals surface area contributed by atoms with E-state index in [0.717, 1.165) is 18.4 Å². The molecule has 0 bridgehead atoms. The lowest BCUT2D eigenvalue weighted by Crippen LogP contribution is -2.13. The highest BCUT2D eigenvalue weighted by Gasteiger charge is 2.21. The van der Waals surface area contributed by atoms with E-state index in [4.69, 9.17) is 9.15 Å². The van der Waals surface area contributed by atoms with Crippen LogP contribution in [0.15, 0.2) is 40.0 Å². The molecule has 154 valence electrons. The minimum Gasteiger partial charge on any atom is -0.463 e. The Labute approximate surface area is 174 Å². The predicted octanol–water partition coefficient (Wildman–Crippen LogP) is 4.42. The zero-order chi connectivity index (χ0) is 20.5. The molecule has 0 spiro atoms. The van der Waals surface area contributed by atoms with Crippen LogP contribution in [0.4, 0.5) is 5.69 Å². The third-order valence-corrected chi connectivity index (χ3v) is 5.41. The molecule has 0 saturated heterocycles. The summed E-state index contributed by atoms with van der Waals surface area (Å²) in [7, 11) is 0. The van der Waals surface area contributed by atoms with Gasteiger partial charge in [-0.2, -0.15) is 0 Å². The Balaban J connectivity index is 1.44. The summed E-state index contributed by atoms with van der Waals surface area (Å²) in [5, 5.41) is 11.5. The van der Waals surface area contributed by atoms with Crippen molar-refractivity contribution in [3.8, 4) is 0 Å². The SMILES string of the molecule is CCOC(=O)C=Cc1ccc(NC(=O)CSc2nnc(C3CCCCC3)o2)cc1. The molecule has 1 amide bonds. The van der Waals surface area contributed by atoms with Gasteiger partial charge in [0.15, 0.2) is 0 Å². The first-order valence-corrected chi connectivity index (χ1v) is 10.8. The fourth-order valence-corrected chi connectivity index (χ4v) is 3.72. The molecule has 0 aliphatic heterocycles. The third kappa shape index (κ3) is 6.74. The Hall–Kier alpha value is -2.61. The normalized spacial score (nSPS) is 14.8. The van der Waals surface area contributed by atoms with E-state index in [2.05, 4.69) is 15.5 Å². The summed E-state index contributed by atoms with van der Waals surface area (Å²) in [5.74, 6) is 0.711. The van der Waals surface area contributed by atoms with Gasteiger partial charge < -0.3 is 14.5 Å². The van der Waals surface area contributed by atoms with Crippen LogP contribution < -0.4 is 5.32 Å². The van der Waals surface area contributed by atoms with Gasteiger partial charge in [-0.3, -0.25) is 4.79 Å². The van der Waals surface area contributed by atoms with E-state index >= 15 is 0 Å². The number of hydrogen-bond acceptors (Lipinski definition) is 7. The highest BCUT2D eigenvalue weighted by Crippen LogP contribution is 2.32. The highest BCUT2D eigenvalue weighted by molar-refractivity contribution is 7.99. The summed E-state index contributed by atoms with van der Waals surface area (Å²) >= 11 is 1.24. The van der Waals surface area contributed by atoms with Gasteiger partial charge >= 0.3 is 5.97 Å². The smallest absolute Gasteiger partial charge is 0.330 e. The zero-order valence-electron chi connectivity index (χ0n) is 16.4. The van der Waals surface area contributed by atoms with Gasteiger partial charge in [-0.1, -0.05) is 43.2 Å². The second-order valence-corrected chi connectivity index (χ2v) is 7.71. The molecule has 1 N–H and O–H groups in total. The van der Waals surface area contributed by atoms with Crippen molar-refractivity contribution in [1.29, 1.82) is 0 Å². The number of esters is 1. The Bertz CT molecular complexity index is 842. The van der Waals surface area contributed by atoms with Gasteiger partial charge in [0.1, 0.15) is 0 Å². The van der Waals surface area contributed by atoms with Crippen LogP contribution in [-0.4, -0.2) is 34.4 Å². The molecule has 1 saturated carbocycles. The Morgan fingerprint density at radius 3 is 2.69 bits per heavy atom. The molecular formula is C21H25N3O4S. The first-order chi connectivity index (χ1) is 14.1. The number of ether oxygens (including phenoxy) is 1. The van der Waals surface area contributed by atoms with Gasteiger partial charge in [-0.15, -0.1) is 10.2 Å². The van der Waals surface area contributed by atoms with Crippen molar-refractivity contribution in [2.24, 2.45) is 0 Å². The number of nitrogens with one attached hydrogen (secondary N) is 1. The maximum Gasteiger partial charge on any atom is 0.330 e. The van der Waals surface area contributed by atoms with E-state index in [1.807, 2.05) is 12.1 Å². The van der Waals surface area contributed by atoms with E-state index in [-0.39, 0.29) is 17.6 Å². The van der Waals surface area contributed by atoms with Crippen molar-refractivity contribution in [3.05, 3.63) is 41.8 Å². The van der Waals surface area contributed by atoms with Crippen LogP contribution in [0.3, 0.4) is 0 Å². The largest absolute Gasteiger partial charge is 0.463 e. The second-order valence-electron chi connectivity index (χ2n) is 6.79. The molecule has 2 aromatic rings. The number of amides is 1. The summed E-state index contributed by atoms with van der Waals surface area (Å²) in [6.45, 7) is 2.10. The molecule has 1 heterocycles. The number of carbonyl (C=O) groups excluding carboxylic acids is 2. The molecule has 0 unspecified atom stereocenters. The fourth-order valence-electron chi connectivity index (χ4n) is 3.15. The number of rotatable bonds is 8. The molecule has 8 heteroatoms. The summed E-state index contributed by atoms with van der Waals surface area (Å²) in [6.07, 6.45) is 8.91. The van der Waals surface area contributed by atoms with Crippen molar-refractivity contribution in [2.75, 3.05) is 17.7 Å². The lowest BCUT2D eigenvalue weighted by Gasteiger charge is -2.17. The average molecular weight is 416 g/mol. The Kier molecular flexibility index (Phi) is 7.86. The molecule has 1 aliphatic carbocycles. The van der Waals surface area contributed by atoms with Crippen molar-refractivity contribution in [1.82, 2.24) is 10.2 Å². The number of aromatic nitrogens is 2. The summed E-state index contributed by atoms with van der Waals surface area (Å²) in [4.78, 5) is 23.5. The quantitative estimate of drug-likeness (QED) is 0.387. The van der Waals surface area contributed by atoms with E-state index in [1.165, 1.54) is 37.1 Å². The molecule has 1 aromatic carbocycles. The second kappa shape index (κ2) is 10.8. The molecule has 3 rings (SSSR count). The first-order valence-electron chi connectivity index (χ1n) is 9.85. The Morgan fingerprint density at radius 2 is 1.97 bits per heavy atom. The average Bonchev–Trinajstić information content (AvgIpc) is 3.22. The zero-order valence-corrected chi connectivity index (χ0v) is 17.2. The summed E-state index contributed by atoms with van der Waals surface area (Å²) < 4.78 is 10.6. The van der Waals surface area contributed by atoms with Gasteiger partial charge in [0, 0.05) is 17.7 Å². The number of anilines is 1. The maximum absolute atomic E-state index is 12.2. The minimum atomic E-state index is -0.380. The predicted molar refractivity (Wildman–Crippen MR) is 112 cm³/mol. The maximum atomic E-state index is 12.2. The van der Waals surface area contributed by atoms with E-state index < -0.39 is 0 Å². The van der Waals surface area contributed by atoms with Crippen LogP contribution in [0.25, 0.3) is 6.08 Å². The molecule has 7 nitrogen and oxygen atoms in total. The lowest BCUT2D eigenvalue weighted by molar-refractivity contribution is -0.137. The van der Waals surface area contributed by atoms with E-state index in [9.17, 15) is 9.59 Å². The fraction of sp³-hybridized carbons (Fsp3) is 0.429. The minimum absolute atomic E-state index is 0.151. The van der Waals surface area contributed by atoms with Crippen molar-refractivity contribution < 1.29 is 18.7 Å².